The third-order valence-electron chi connectivity index (χ3n) is 6.42. The molecule has 1 atom stereocenters. The molecule has 1 unspecified atom stereocenters. The molecule has 7 nitrogen and oxygen atoms in total. The highest BCUT2D eigenvalue weighted by atomic mass is 35.5. The summed E-state index contributed by atoms with van der Waals surface area (Å²) in [7, 11) is 0. The van der Waals surface area contributed by atoms with Crippen molar-refractivity contribution < 1.29 is 24.2 Å². The van der Waals surface area contributed by atoms with Gasteiger partial charge >= 0.3 is 5.97 Å². The number of aliphatic carboxylic acids is 1. The van der Waals surface area contributed by atoms with E-state index < -0.39 is 5.97 Å². The second-order valence-corrected chi connectivity index (χ2v) is 9.37. The van der Waals surface area contributed by atoms with Gasteiger partial charge in [-0.05, 0) is 47.4 Å². The van der Waals surface area contributed by atoms with Crippen LogP contribution < -0.4 is 4.74 Å². The van der Waals surface area contributed by atoms with Gasteiger partial charge in [-0.15, -0.1) is 0 Å². The molecule has 3 aromatic rings. The fourth-order valence-electron chi connectivity index (χ4n) is 4.46. The van der Waals surface area contributed by atoms with Gasteiger partial charge in [-0.2, -0.15) is 0 Å². The number of nitrogens with zero attached hydrogens (tertiary/aromatic N) is 2. The number of carboxylic acid groups (broad SMARTS) is 1. The summed E-state index contributed by atoms with van der Waals surface area (Å²) in [6, 6.07) is 25.6. The quantitative estimate of drug-likeness (QED) is 0.292. The molecule has 0 aliphatic carbocycles. The number of hydrogen-bond acceptors (Lipinski definition) is 5. The number of rotatable bonds is 11. The molecule has 1 aliphatic heterocycles. The van der Waals surface area contributed by atoms with Crippen LogP contribution in [0.2, 0.25) is 5.02 Å². The van der Waals surface area contributed by atoms with E-state index in [2.05, 4.69) is 29.2 Å². The Kier molecular flexibility index (Phi) is 9.54. The summed E-state index contributed by atoms with van der Waals surface area (Å²) in [5.74, 6) is -0.276. The second-order valence-electron chi connectivity index (χ2n) is 8.93. The lowest BCUT2D eigenvalue weighted by molar-refractivity contribution is -0.140. The van der Waals surface area contributed by atoms with Crippen LogP contribution in [-0.2, 0) is 20.7 Å². The number of carbonyl (C=O) groups is 2. The predicted octanol–water partition coefficient (Wildman–Crippen LogP) is 4.64. The van der Waals surface area contributed by atoms with Gasteiger partial charge in [-0.1, -0.05) is 66.2 Å². The van der Waals surface area contributed by atoms with E-state index in [1.807, 2.05) is 47.4 Å². The molecule has 0 bridgehead atoms. The molecule has 1 saturated heterocycles. The van der Waals surface area contributed by atoms with Crippen LogP contribution >= 0.6 is 11.6 Å². The van der Waals surface area contributed by atoms with Crippen molar-refractivity contribution in [3.63, 3.8) is 0 Å². The molecular formula is C29H31ClN2O5. The minimum Gasteiger partial charge on any atom is -0.481 e. The van der Waals surface area contributed by atoms with Crippen molar-refractivity contribution in [2.45, 2.75) is 18.9 Å². The van der Waals surface area contributed by atoms with Crippen LogP contribution in [-0.4, -0.2) is 66.4 Å². The van der Waals surface area contributed by atoms with Crippen LogP contribution in [0.3, 0.4) is 0 Å². The Morgan fingerprint density at radius 2 is 1.51 bits per heavy atom. The minimum absolute atomic E-state index is 0.0349. The van der Waals surface area contributed by atoms with Gasteiger partial charge in [0.15, 0.2) is 6.79 Å². The van der Waals surface area contributed by atoms with Crippen LogP contribution in [0.5, 0.6) is 5.75 Å². The lowest BCUT2D eigenvalue weighted by atomic mass is 9.96. The zero-order chi connectivity index (χ0) is 26.0. The summed E-state index contributed by atoms with van der Waals surface area (Å²) in [6.07, 6.45) is 0.563. The Hall–Kier alpha value is -3.39. The topological polar surface area (TPSA) is 79.3 Å². The highest BCUT2D eigenvalue weighted by Crippen LogP contribution is 2.30. The number of aryl methyl sites for hydroxylation is 1. The number of amides is 1. The molecule has 194 valence electrons. The van der Waals surface area contributed by atoms with E-state index in [0.29, 0.717) is 30.3 Å². The number of halogens is 1. The van der Waals surface area contributed by atoms with Crippen molar-refractivity contribution >= 4 is 23.5 Å². The first-order valence-corrected chi connectivity index (χ1v) is 12.7. The highest BCUT2D eigenvalue weighted by Gasteiger charge is 2.28. The fourth-order valence-corrected chi connectivity index (χ4v) is 4.58. The van der Waals surface area contributed by atoms with Gasteiger partial charge < -0.3 is 19.5 Å². The molecule has 1 N–H and O–H groups in total. The van der Waals surface area contributed by atoms with Crippen molar-refractivity contribution in [2.75, 3.05) is 39.6 Å². The fraction of sp³-hybridized carbons (Fsp3) is 0.310. The van der Waals surface area contributed by atoms with Crippen molar-refractivity contribution in [3.05, 3.63) is 101 Å². The standard InChI is InChI=1S/C29H31ClN2O5/c30-25-11-9-24(10-12-25)29(23-4-2-1-3-5-23)32-18-16-31(17-19-32)27(33)20-36-21-37-26-13-6-22(7-14-26)8-15-28(34)35/h1-7,9-14,29H,8,15-21H2,(H,34,35). The summed E-state index contributed by atoms with van der Waals surface area (Å²) in [6.45, 7) is 2.66. The second kappa shape index (κ2) is 13.2. The molecule has 0 radical (unpaired) electrons. The molecule has 8 heteroatoms. The average Bonchev–Trinajstić information content (AvgIpc) is 2.92. The Bertz CT molecular complexity index is 1150. The highest BCUT2D eigenvalue weighted by molar-refractivity contribution is 6.30. The average molecular weight is 523 g/mol. The maximum atomic E-state index is 12.7. The number of carboxylic acids is 1. The lowest BCUT2D eigenvalue weighted by Crippen LogP contribution is -2.50. The summed E-state index contributed by atoms with van der Waals surface area (Å²) < 4.78 is 11.0. The van der Waals surface area contributed by atoms with E-state index >= 15 is 0 Å². The van der Waals surface area contributed by atoms with Crippen LogP contribution in [0.25, 0.3) is 0 Å². The third kappa shape index (κ3) is 7.79. The maximum absolute atomic E-state index is 12.7. The van der Waals surface area contributed by atoms with Crippen molar-refractivity contribution in [2.24, 2.45) is 0 Å². The molecule has 1 aliphatic rings. The number of ether oxygens (including phenoxy) is 2. The lowest BCUT2D eigenvalue weighted by Gasteiger charge is -2.39. The van der Waals surface area contributed by atoms with Crippen LogP contribution in [0, 0.1) is 0 Å². The van der Waals surface area contributed by atoms with E-state index in [1.165, 1.54) is 11.1 Å². The van der Waals surface area contributed by atoms with E-state index in [0.717, 1.165) is 18.7 Å². The number of carbonyl (C=O) groups excluding carboxylic acids is 1. The Balaban J connectivity index is 1.23. The van der Waals surface area contributed by atoms with E-state index in [9.17, 15) is 9.59 Å². The van der Waals surface area contributed by atoms with Crippen molar-refractivity contribution in [1.82, 2.24) is 9.80 Å². The SMILES string of the molecule is O=C(O)CCc1ccc(OCOCC(=O)N2CCN(C(c3ccccc3)c3ccc(Cl)cc3)CC2)cc1. The molecule has 37 heavy (non-hydrogen) atoms. The number of piperazine rings is 1. The minimum atomic E-state index is -0.822. The molecule has 0 saturated carbocycles. The number of benzene rings is 3. The maximum Gasteiger partial charge on any atom is 0.303 e. The van der Waals surface area contributed by atoms with Crippen LogP contribution in [0.4, 0.5) is 0 Å². The predicted molar refractivity (Wildman–Crippen MR) is 142 cm³/mol. The molecule has 1 heterocycles. The van der Waals surface area contributed by atoms with Crippen molar-refractivity contribution in [3.8, 4) is 5.75 Å². The zero-order valence-electron chi connectivity index (χ0n) is 20.6. The molecule has 3 aromatic carbocycles. The summed E-state index contributed by atoms with van der Waals surface area (Å²) in [5, 5.41) is 9.48. The first-order chi connectivity index (χ1) is 18.0. The van der Waals surface area contributed by atoms with Crippen LogP contribution in [0.15, 0.2) is 78.9 Å². The van der Waals surface area contributed by atoms with Gasteiger partial charge in [0, 0.05) is 37.6 Å². The Morgan fingerprint density at radius 3 is 2.16 bits per heavy atom. The molecule has 4 rings (SSSR count). The largest absolute Gasteiger partial charge is 0.481 e. The summed E-state index contributed by atoms with van der Waals surface area (Å²) >= 11 is 6.12. The molecule has 1 amide bonds. The smallest absolute Gasteiger partial charge is 0.303 e. The van der Waals surface area contributed by atoms with Crippen LogP contribution in [0.1, 0.15) is 29.2 Å². The van der Waals surface area contributed by atoms with Gasteiger partial charge in [0.05, 0.1) is 6.04 Å². The molecule has 1 fully saturated rings. The third-order valence-corrected chi connectivity index (χ3v) is 6.67. The zero-order valence-corrected chi connectivity index (χ0v) is 21.3. The first-order valence-electron chi connectivity index (χ1n) is 12.3. The van der Waals surface area contributed by atoms with Gasteiger partial charge in [0.25, 0.3) is 0 Å². The van der Waals surface area contributed by atoms with Gasteiger partial charge in [-0.25, -0.2) is 0 Å². The number of hydrogen-bond donors (Lipinski definition) is 1. The van der Waals surface area contributed by atoms with E-state index in [-0.39, 0.29) is 31.8 Å². The summed E-state index contributed by atoms with van der Waals surface area (Å²) in [5.41, 5.74) is 3.31. The summed E-state index contributed by atoms with van der Waals surface area (Å²) in [4.78, 5) is 27.6. The first kappa shape index (κ1) is 26.7. The molecule has 0 aromatic heterocycles. The normalized spacial score (nSPS) is 14.8. The van der Waals surface area contributed by atoms with Gasteiger partial charge in [0.2, 0.25) is 5.91 Å². The van der Waals surface area contributed by atoms with Gasteiger partial charge in [0.1, 0.15) is 12.4 Å². The molecule has 0 spiro atoms. The van der Waals surface area contributed by atoms with Crippen molar-refractivity contribution in [1.29, 1.82) is 0 Å². The monoisotopic (exact) mass is 522 g/mol. The van der Waals surface area contributed by atoms with E-state index in [1.54, 1.807) is 12.1 Å². The molecular weight excluding hydrogens is 492 g/mol. The van der Waals surface area contributed by atoms with Gasteiger partial charge in [-0.3, -0.25) is 14.5 Å². The Morgan fingerprint density at radius 1 is 0.865 bits per heavy atom. The van der Waals surface area contributed by atoms with E-state index in [4.69, 9.17) is 26.2 Å². The Labute approximate surface area is 222 Å².